The van der Waals surface area contributed by atoms with Crippen molar-refractivity contribution in [3.63, 3.8) is 0 Å². The van der Waals surface area contributed by atoms with E-state index in [1.165, 1.54) is 24.6 Å². The molecule has 1 fully saturated rings. The second-order valence-corrected chi connectivity index (χ2v) is 6.17. The standard InChI is InChI=1S/C19H20FNO2/c1-12-11-17(12)18-9-7-16(23-18)8-10-19(22)21-13(2)14-3-5-15(20)6-4-14/h3-10,12-13,17H,11H2,1-2H3,(H,21,22)/b10-8+. The van der Waals surface area contributed by atoms with Gasteiger partial charge < -0.3 is 9.73 Å². The third-order valence-electron chi connectivity index (χ3n) is 4.25. The third-order valence-corrected chi connectivity index (χ3v) is 4.25. The van der Waals surface area contributed by atoms with E-state index in [4.69, 9.17) is 4.42 Å². The molecule has 0 aliphatic heterocycles. The first-order valence-corrected chi connectivity index (χ1v) is 7.86. The van der Waals surface area contributed by atoms with Crippen molar-refractivity contribution >= 4 is 12.0 Å². The number of halogens is 1. The first kappa shape index (κ1) is 15.5. The van der Waals surface area contributed by atoms with Crippen LogP contribution in [0, 0.1) is 11.7 Å². The maximum atomic E-state index is 12.9. The van der Waals surface area contributed by atoms with E-state index >= 15 is 0 Å². The Hall–Kier alpha value is -2.36. The molecule has 0 spiro atoms. The van der Waals surface area contributed by atoms with Crippen LogP contribution in [-0.2, 0) is 4.79 Å². The van der Waals surface area contributed by atoms with Crippen LogP contribution in [0.15, 0.2) is 46.9 Å². The van der Waals surface area contributed by atoms with Crippen molar-refractivity contribution in [2.75, 3.05) is 0 Å². The fraction of sp³-hybridized carbons (Fsp3) is 0.316. The number of carbonyl (C=O) groups is 1. The van der Waals surface area contributed by atoms with E-state index in [2.05, 4.69) is 12.2 Å². The van der Waals surface area contributed by atoms with Gasteiger partial charge in [0.2, 0.25) is 5.91 Å². The highest BCUT2D eigenvalue weighted by Gasteiger charge is 2.36. The molecule has 23 heavy (non-hydrogen) atoms. The molecule has 2 aromatic rings. The summed E-state index contributed by atoms with van der Waals surface area (Å²) >= 11 is 0. The number of amides is 1. The number of hydrogen-bond acceptors (Lipinski definition) is 2. The van der Waals surface area contributed by atoms with Crippen molar-refractivity contribution in [3.05, 3.63) is 65.4 Å². The van der Waals surface area contributed by atoms with Crippen molar-refractivity contribution in [1.29, 1.82) is 0 Å². The minimum atomic E-state index is -0.286. The number of nitrogens with one attached hydrogen (secondary N) is 1. The molecule has 120 valence electrons. The highest BCUT2D eigenvalue weighted by atomic mass is 19.1. The normalized spacial score (nSPS) is 21.3. The fourth-order valence-corrected chi connectivity index (χ4v) is 2.63. The Morgan fingerprint density at radius 2 is 2.00 bits per heavy atom. The third kappa shape index (κ3) is 3.89. The predicted octanol–water partition coefficient (Wildman–Crippen LogP) is 4.43. The minimum Gasteiger partial charge on any atom is -0.461 e. The van der Waals surface area contributed by atoms with Crippen LogP contribution in [0.2, 0.25) is 0 Å². The second-order valence-electron chi connectivity index (χ2n) is 6.17. The Morgan fingerprint density at radius 3 is 2.65 bits per heavy atom. The van der Waals surface area contributed by atoms with E-state index in [9.17, 15) is 9.18 Å². The largest absolute Gasteiger partial charge is 0.461 e. The fourth-order valence-electron chi connectivity index (χ4n) is 2.63. The van der Waals surface area contributed by atoms with Gasteiger partial charge in [0, 0.05) is 12.0 Å². The quantitative estimate of drug-likeness (QED) is 0.830. The van der Waals surface area contributed by atoms with Crippen molar-refractivity contribution in [2.24, 2.45) is 5.92 Å². The smallest absolute Gasteiger partial charge is 0.244 e. The zero-order valence-electron chi connectivity index (χ0n) is 13.3. The molecular weight excluding hydrogens is 293 g/mol. The van der Waals surface area contributed by atoms with Crippen LogP contribution in [0.3, 0.4) is 0 Å². The lowest BCUT2D eigenvalue weighted by Gasteiger charge is -2.12. The van der Waals surface area contributed by atoms with Crippen LogP contribution in [0.1, 0.15) is 49.3 Å². The van der Waals surface area contributed by atoms with Crippen molar-refractivity contribution in [3.8, 4) is 0 Å². The molecule has 1 aromatic heterocycles. The van der Waals surface area contributed by atoms with Crippen LogP contribution in [-0.4, -0.2) is 5.91 Å². The Bertz CT molecular complexity index is 717. The molecule has 1 heterocycles. The Labute approximate surface area is 135 Å². The maximum Gasteiger partial charge on any atom is 0.244 e. The van der Waals surface area contributed by atoms with E-state index in [-0.39, 0.29) is 17.8 Å². The van der Waals surface area contributed by atoms with Crippen LogP contribution < -0.4 is 5.32 Å². The summed E-state index contributed by atoms with van der Waals surface area (Å²) in [6, 6.07) is 9.78. The number of rotatable bonds is 5. The van der Waals surface area contributed by atoms with E-state index in [1.54, 1.807) is 18.2 Å². The second kappa shape index (κ2) is 6.41. The summed E-state index contributed by atoms with van der Waals surface area (Å²) < 4.78 is 18.6. The lowest BCUT2D eigenvalue weighted by molar-refractivity contribution is -0.117. The summed E-state index contributed by atoms with van der Waals surface area (Å²) in [7, 11) is 0. The average molecular weight is 313 g/mol. The van der Waals surface area contributed by atoms with Crippen LogP contribution in [0.5, 0.6) is 0 Å². The SMILES string of the molecule is CC(NC(=O)/C=C/c1ccc(C2CC2C)o1)c1ccc(F)cc1. The first-order valence-electron chi connectivity index (χ1n) is 7.86. The number of benzene rings is 1. The lowest BCUT2D eigenvalue weighted by Crippen LogP contribution is -2.24. The molecule has 1 amide bonds. The van der Waals surface area contributed by atoms with Crippen molar-refractivity contribution in [2.45, 2.75) is 32.2 Å². The summed E-state index contributed by atoms with van der Waals surface area (Å²) in [4.78, 5) is 12.0. The van der Waals surface area contributed by atoms with Gasteiger partial charge in [-0.05, 0) is 55.2 Å². The van der Waals surface area contributed by atoms with E-state index in [0.29, 0.717) is 17.6 Å². The van der Waals surface area contributed by atoms with E-state index < -0.39 is 0 Å². The number of carbonyl (C=O) groups excluding carboxylic acids is 1. The average Bonchev–Trinajstić information content (AvgIpc) is 3.08. The maximum absolute atomic E-state index is 12.9. The molecule has 1 aliphatic carbocycles. The Kier molecular flexibility index (Phi) is 4.33. The van der Waals surface area contributed by atoms with Gasteiger partial charge in [-0.3, -0.25) is 4.79 Å². The number of hydrogen-bond donors (Lipinski definition) is 1. The zero-order chi connectivity index (χ0) is 16.4. The molecule has 3 atom stereocenters. The highest BCUT2D eigenvalue weighted by molar-refractivity contribution is 5.91. The topological polar surface area (TPSA) is 42.2 Å². The molecule has 1 saturated carbocycles. The van der Waals surface area contributed by atoms with Crippen LogP contribution in [0.4, 0.5) is 4.39 Å². The Balaban J connectivity index is 1.56. The molecule has 1 aliphatic rings. The van der Waals surface area contributed by atoms with Gasteiger partial charge in [0.25, 0.3) is 0 Å². The highest BCUT2D eigenvalue weighted by Crippen LogP contribution is 2.47. The molecule has 3 rings (SSSR count). The molecule has 1 aromatic carbocycles. The molecule has 4 heteroatoms. The summed E-state index contributed by atoms with van der Waals surface area (Å²) in [6.07, 6.45) is 4.30. The van der Waals surface area contributed by atoms with Gasteiger partial charge in [0.05, 0.1) is 6.04 Å². The monoisotopic (exact) mass is 313 g/mol. The van der Waals surface area contributed by atoms with E-state index in [0.717, 1.165) is 11.3 Å². The first-order chi connectivity index (χ1) is 11.0. The number of furan rings is 1. The molecule has 3 unspecified atom stereocenters. The van der Waals surface area contributed by atoms with Crippen molar-refractivity contribution in [1.82, 2.24) is 5.32 Å². The molecule has 0 saturated heterocycles. The van der Waals surface area contributed by atoms with Crippen molar-refractivity contribution < 1.29 is 13.6 Å². The van der Waals surface area contributed by atoms with Crippen LogP contribution >= 0.6 is 0 Å². The molecule has 0 bridgehead atoms. The molecule has 0 radical (unpaired) electrons. The molecule has 3 nitrogen and oxygen atoms in total. The minimum absolute atomic E-state index is 0.188. The summed E-state index contributed by atoms with van der Waals surface area (Å²) in [6.45, 7) is 4.06. The van der Waals surface area contributed by atoms with Crippen LogP contribution in [0.25, 0.3) is 6.08 Å². The van der Waals surface area contributed by atoms with Gasteiger partial charge in [0.15, 0.2) is 0 Å². The lowest BCUT2D eigenvalue weighted by atomic mass is 10.1. The van der Waals surface area contributed by atoms with Gasteiger partial charge in [-0.25, -0.2) is 4.39 Å². The Morgan fingerprint density at radius 1 is 1.30 bits per heavy atom. The van der Waals surface area contributed by atoms with Gasteiger partial charge in [-0.1, -0.05) is 19.1 Å². The van der Waals surface area contributed by atoms with E-state index in [1.807, 2.05) is 19.1 Å². The summed E-state index contributed by atoms with van der Waals surface area (Å²) in [5.41, 5.74) is 0.858. The summed E-state index contributed by atoms with van der Waals surface area (Å²) in [5, 5.41) is 2.84. The van der Waals surface area contributed by atoms with Gasteiger partial charge in [-0.2, -0.15) is 0 Å². The van der Waals surface area contributed by atoms with Gasteiger partial charge >= 0.3 is 0 Å². The van der Waals surface area contributed by atoms with Gasteiger partial charge in [-0.15, -0.1) is 0 Å². The predicted molar refractivity (Wildman–Crippen MR) is 87.2 cm³/mol. The molecular formula is C19H20FNO2. The van der Waals surface area contributed by atoms with Gasteiger partial charge in [0.1, 0.15) is 17.3 Å². The summed E-state index contributed by atoms with van der Waals surface area (Å²) in [5.74, 6) is 2.41. The zero-order valence-corrected chi connectivity index (χ0v) is 13.3. The molecule has 1 N–H and O–H groups in total.